The molecule has 0 bridgehead atoms. The second-order valence-corrected chi connectivity index (χ2v) is 29.1. The van der Waals surface area contributed by atoms with Gasteiger partial charge >= 0.3 is 0 Å². The first-order valence-electron chi connectivity index (χ1n) is 31.4. The van der Waals surface area contributed by atoms with Crippen LogP contribution in [0.15, 0.2) is 249 Å². The number of benzene rings is 11. The lowest BCUT2D eigenvalue weighted by Crippen LogP contribution is -2.27. The van der Waals surface area contributed by atoms with Crippen molar-refractivity contribution in [3.8, 4) is 44.5 Å². The van der Waals surface area contributed by atoms with E-state index in [-0.39, 0.29) is 21.7 Å². The Kier molecular flexibility index (Phi) is 12.9. The van der Waals surface area contributed by atoms with E-state index < -0.39 is 10.8 Å². The SMILES string of the molecule is CC(C)(C)c1ccc(N(c2ccc(C(C)(C)C)cc2)c2ccc3c(c2)C(C)(c2ccccc2-c2ccccc2)c2cc4c(cc2-3)C2(c3ccccc3-c3ccccc32)c2cc(N(c3ccc(C(C)(C)C)cc3)c3ccc(C(C)(C)C)cc3)ccc2-4)cc1. The fourth-order valence-corrected chi connectivity index (χ4v) is 14.8. The van der Waals surface area contributed by atoms with Gasteiger partial charge in [0.1, 0.15) is 0 Å². The largest absolute Gasteiger partial charge is 0.310 e. The van der Waals surface area contributed by atoms with Gasteiger partial charge in [-0.25, -0.2) is 0 Å². The minimum Gasteiger partial charge on any atom is -0.310 e. The minimum atomic E-state index is -0.614. The molecule has 14 rings (SSSR count). The van der Waals surface area contributed by atoms with Crippen molar-refractivity contribution in [2.24, 2.45) is 0 Å². The van der Waals surface area contributed by atoms with Gasteiger partial charge in [0.05, 0.1) is 5.41 Å². The monoisotopic (exact) mass is 1130 g/mol. The molecule has 0 saturated heterocycles. The fraction of sp³-hybridized carbons (Fsp3) is 0.224. The second-order valence-electron chi connectivity index (χ2n) is 29.1. The molecule has 2 heteroatoms. The van der Waals surface area contributed by atoms with E-state index in [4.69, 9.17) is 0 Å². The highest BCUT2D eigenvalue weighted by molar-refractivity contribution is 6.00. The molecule has 2 nitrogen and oxygen atoms in total. The van der Waals surface area contributed by atoms with Crippen molar-refractivity contribution in [2.45, 2.75) is 122 Å². The van der Waals surface area contributed by atoms with Gasteiger partial charge in [0.25, 0.3) is 0 Å². The van der Waals surface area contributed by atoms with E-state index >= 15 is 0 Å². The predicted octanol–water partition coefficient (Wildman–Crippen LogP) is 23.2. The summed E-state index contributed by atoms with van der Waals surface area (Å²) in [5, 5.41) is 0. The van der Waals surface area contributed by atoms with Crippen molar-refractivity contribution in [3.05, 3.63) is 310 Å². The van der Waals surface area contributed by atoms with Crippen LogP contribution in [0.2, 0.25) is 0 Å². The molecular formula is C85H80N2. The summed E-state index contributed by atoms with van der Waals surface area (Å²) in [4.78, 5) is 4.96. The van der Waals surface area contributed by atoms with Gasteiger partial charge in [-0.1, -0.05) is 247 Å². The standard InChI is InChI=1S/C85H80N2/c1-80(2,3)56-31-39-60(40-32-56)86(61-41-33-57(34-42-61)81(4,5)6)64-47-49-69-71-54-79-72(53-77(71)84(13,76(69)51-64)73-28-20-17-25-66(73)55-23-15-14-16-24-55)70-50-48-65(52-78(70)85(79)74-29-21-18-26-67(74)68-27-19-22-30-75(68)85)87(62-43-35-58(36-44-62)82(7,8)9)63-45-37-59(38-46-63)83(10,11)12/h14-54H,1-13H3. The molecule has 1 atom stereocenters. The number of nitrogens with zero attached hydrogens (tertiary/aromatic N) is 2. The van der Waals surface area contributed by atoms with Gasteiger partial charge in [0.15, 0.2) is 0 Å². The number of rotatable bonds is 8. The smallest absolute Gasteiger partial charge is 0.0726 e. The van der Waals surface area contributed by atoms with E-state index in [0.29, 0.717) is 0 Å². The Balaban J connectivity index is 1.03. The zero-order chi connectivity index (χ0) is 60.6. The normalized spacial score (nSPS) is 15.3. The molecule has 0 fully saturated rings. The van der Waals surface area contributed by atoms with Gasteiger partial charge in [-0.15, -0.1) is 0 Å². The van der Waals surface area contributed by atoms with Crippen LogP contribution in [-0.4, -0.2) is 0 Å². The summed E-state index contributed by atoms with van der Waals surface area (Å²) in [6.07, 6.45) is 0. The molecule has 3 aliphatic rings. The van der Waals surface area contributed by atoms with Crippen LogP contribution in [0.4, 0.5) is 34.1 Å². The third-order valence-corrected chi connectivity index (χ3v) is 19.6. The van der Waals surface area contributed by atoms with Gasteiger partial charge in [-0.2, -0.15) is 0 Å². The van der Waals surface area contributed by atoms with E-state index in [0.717, 1.165) is 34.1 Å². The maximum atomic E-state index is 2.64. The van der Waals surface area contributed by atoms with Gasteiger partial charge in [0, 0.05) is 39.5 Å². The summed E-state index contributed by atoms with van der Waals surface area (Å²) < 4.78 is 0. The average Bonchev–Trinajstić information content (AvgIpc) is 1.51. The zero-order valence-electron chi connectivity index (χ0n) is 53.1. The van der Waals surface area contributed by atoms with E-state index in [2.05, 4.69) is 349 Å². The third kappa shape index (κ3) is 8.95. The summed E-state index contributed by atoms with van der Waals surface area (Å²) in [7, 11) is 0. The molecule has 1 unspecified atom stereocenters. The topological polar surface area (TPSA) is 6.48 Å². The van der Waals surface area contributed by atoms with Gasteiger partial charge in [0.2, 0.25) is 0 Å². The van der Waals surface area contributed by atoms with Crippen LogP contribution in [0.5, 0.6) is 0 Å². The van der Waals surface area contributed by atoms with Crippen molar-refractivity contribution in [3.63, 3.8) is 0 Å². The first kappa shape index (κ1) is 55.9. The van der Waals surface area contributed by atoms with Crippen molar-refractivity contribution in [1.29, 1.82) is 0 Å². The maximum Gasteiger partial charge on any atom is 0.0726 e. The molecule has 0 amide bonds. The lowest BCUT2D eigenvalue weighted by atomic mass is 9.69. The lowest BCUT2D eigenvalue weighted by molar-refractivity contribution is 0.590. The number of hydrogen-bond acceptors (Lipinski definition) is 2. The number of fused-ring (bicyclic) bond motifs is 13. The van der Waals surface area contributed by atoms with Crippen molar-refractivity contribution >= 4 is 34.1 Å². The molecule has 11 aromatic carbocycles. The summed E-state index contributed by atoms with van der Waals surface area (Å²) in [5.41, 5.74) is 30.3. The fourth-order valence-electron chi connectivity index (χ4n) is 14.8. The van der Waals surface area contributed by atoms with Crippen molar-refractivity contribution in [1.82, 2.24) is 0 Å². The predicted molar refractivity (Wildman–Crippen MR) is 370 cm³/mol. The summed E-state index contributed by atoms with van der Waals surface area (Å²) >= 11 is 0. The number of hydrogen-bond donors (Lipinski definition) is 0. The maximum absolute atomic E-state index is 2.64. The summed E-state index contributed by atoms with van der Waals surface area (Å²) in [6, 6.07) is 95.9. The minimum absolute atomic E-state index is 0.0214. The Bertz CT molecular complexity index is 4300. The molecule has 87 heavy (non-hydrogen) atoms. The second kappa shape index (κ2) is 20.0. The quantitative estimate of drug-likeness (QED) is 0.150. The van der Waals surface area contributed by atoms with Crippen LogP contribution in [0.1, 0.15) is 151 Å². The van der Waals surface area contributed by atoms with Crippen LogP contribution < -0.4 is 9.80 Å². The Hall–Kier alpha value is -8.98. The van der Waals surface area contributed by atoms with Crippen LogP contribution in [0.25, 0.3) is 44.5 Å². The molecule has 0 N–H and O–H groups in total. The Morgan fingerprint density at radius 3 is 0.931 bits per heavy atom. The van der Waals surface area contributed by atoms with Crippen LogP contribution in [-0.2, 0) is 32.5 Å². The summed E-state index contributed by atoms with van der Waals surface area (Å²) in [5.74, 6) is 0. The number of anilines is 6. The first-order valence-corrected chi connectivity index (χ1v) is 31.4. The first-order chi connectivity index (χ1) is 41.5. The van der Waals surface area contributed by atoms with E-state index in [1.165, 1.54) is 106 Å². The Morgan fingerprint density at radius 1 is 0.230 bits per heavy atom. The van der Waals surface area contributed by atoms with Crippen molar-refractivity contribution in [2.75, 3.05) is 9.80 Å². The lowest BCUT2D eigenvalue weighted by Gasteiger charge is -2.33. The average molecular weight is 1130 g/mol. The molecule has 430 valence electrons. The zero-order valence-corrected chi connectivity index (χ0v) is 53.1. The molecule has 0 radical (unpaired) electrons. The highest BCUT2D eigenvalue weighted by atomic mass is 15.1. The van der Waals surface area contributed by atoms with E-state index in [9.17, 15) is 0 Å². The molecule has 3 aliphatic carbocycles. The third-order valence-electron chi connectivity index (χ3n) is 19.6. The van der Waals surface area contributed by atoms with Gasteiger partial charge in [-0.3, -0.25) is 0 Å². The highest BCUT2D eigenvalue weighted by Crippen LogP contribution is 2.66. The summed E-state index contributed by atoms with van der Waals surface area (Å²) in [6.45, 7) is 30.1. The molecule has 0 heterocycles. The van der Waals surface area contributed by atoms with E-state index in [1.54, 1.807) is 0 Å². The van der Waals surface area contributed by atoms with Crippen LogP contribution in [0.3, 0.4) is 0 Å². The van der Waals surface area contributed by atoms with Gasteiger partial charge in [-0.05, 0) is 219 Å². The van der Waals surface area contributed by atoms with Crippen LogP contribution in [0, 0.1) is 0 Å². The molecule has 0 aliphatic heterocycles. The molecular weight excluding hydrogens is 1050 g/mol. The van der Waals surface area contributed by atoms with Gasteiger partial charge < -0.3 is 9.80 Å². The van der Waals surface area contributed by atoms with Crippen molar-refractivity contribution < 1.29 is 0 Å². The van der Waals surface area contributed by atoms with E-state index in [1.807, 2.05) is 0 Å². The Morgan fingerprint density at radius 2 is 0.517 bits per heavy atom. The molecule has 0 saturated carbocycles. The molecule has 11 aromatic rings. The molecule has 1 spiro atoms. The van der Waals surface area contributed by atoms with Crippen LogP contribution >= 0.6 is 0 Å². The molecule has 0 aromatic heterocycles. The Labute approximate surface area is 517 Å². The highest BCUT2D eigenvalue weighted by Gasteiger charge is 2.54.